The Bertz CT molecular complexity index is 515. The number of rotatable bonds is 5. The SMILES string of the molecule is CNC(=O)C(C)(C)CNCc1cc(Cl)cc2c1OCC2. The second-order valence-electron chi connectivity index (χ2n) is 5.72. The molecule has 0 saturated heterocycles. The molecule has 0 aliphatic carbocycles. The van der Waals surface area contributed by atoms with E-state index >= 15 is 0 Å². The number of carbonyl (C=O) groups is 1. The van der Waals surface area contributed by atoms with Gasteiger partial charge in [0.25, 0.3) is 0 Å². The standard InChI is InChI=1S/C15H21ClN2O2/c1-15(2,14(19)17-3)9-18-8-11-7-12(16)6-10-4-5-20-13(10)11/h6-7,18H,4-5,8-9H2,1-3H3,(H,17,19). The summed E-state index contributed by atoms with van der Waals surface area (Å²) in [6, 6.07) is 3.88. The highest BCUT2D eigenvalue weighted by atomic mass is 35.5. The van der Waals surface area contributed by atoms with Crippen LogP contribution in [0.4, 0.5) is 0 Å². The lowest BCUT2D eigenvalue weighted by Gasteiger charge is -2.23. The number of halogens is 1. The molecule has 0 saturated carbocycles. The van der Waals surface area contributed by atoms with Crippen LogP contribution in [0.1, 0.15) is 25.0 Å². The van der Waals surface area contributed by atoms with Crippen LogP contribution >= 0.6 is 11.6 Å². The van der Waals surface area contributed by atoms with E-state index in [4.69, 9.17) is 16.3 Å². The van der Waals surface area contributed by atoms with Gasteiger partial charge < -0.3 is 15.4 Å². The maximum atomic E-state index is 11.7. The topological polar surface area (TPSA) is 50.4 Å². The predicted molar refractivity (Wildman–Crippen MR) is 80.2 cm³/mol. The van der Waals surface area contributed by atoms with Crippen LogP contribution in [0, 0.1) is 5.41 Å². The van der Waals surface area contributed by atoms with Gasteiger partial charge in [0.2, 0.25) is 5.91 Å². The third kappa shape index (κ3) is 3.25. The van der Waals surface area contributed by atoms with Crippen molar-refractivity contribution >= 4 is 17.5 Å². The third-order valence-electron chi connectivity index (χ3n) is 3.55. The second-order valence-corrected chi connectivity index (χ2v) is 6.15. The summed E-state index contributed by atoms with van der Waals surface area (Å²) in [5.41, 5.74) is 1.77. The van der Waals surface area contributed by atoms with Crippen molar-refractivity contribution in [3.05, 3.63) is 28.3 Å². The molecule has 110 valence electrons. The zero-order chi connectivity index (χ0) is 14.8. The lowest BCUT2D eigenvalue weighted by molar-refractivity contribution is -0.128. The number of ether oxygens (including phenoxy) is 1. The molecule has 0 spiro atoms. The number of carbonyl (C=O) groups excluding carboxylic acids is 1. The lowest BCUT2D eigenvalue weighted by atomic mass is 9.92. The number of hydrogen-bond acceptors (Lipinski definition) is 3. The third-order valence-corrected chi connectivity index (χ3v) is 3.77. The summed E-state index contributed by atoms with van der Waals surface area (Å²) in [6.07, 6.45) is 0.909. The van der Waals surface area contributed by atoms with Crippen LogP contribution in [-0.2, 0) is 17.8 Å². The van der Waals surface area contributed by atoms with Crippen molar-refractivity contribution in [3.63, 3.8) is 0 Å². The minimum absolute atomic E-state index is 0.0255. The molecular weight excluding hydrogens is 276 g/mol. The highest BCUT2D eigenvalue weighted by molar-refractivity contribution is 6.30. The van der Waals surface area contributed by atoms with E-state index in [1.165, 1.54) is 5.56 Å². The van der Waals surface area contributed by atoms with Crippen molar-refractivity contribution in [1.82, 2.24) is 10.6 Å². The summed E-state index contributed by atoms with van der Waals surface area (Å²) in [5, 5.41) is 6.73. The van der Waals surface area contributed by atoms with E-state index in [1.807, 2.05) is 26.0 Å². The average Bonchev–Trinajstić information content (AvgIpc) is 2.85. The fraction of sp³-hybridized carbons (Fsp3) is 0.533. The summed E-state index contributed by atoms with van der Waals surface area (Å²) in [4.78, 5) is 11.7. The van der Waals surface area contributed by atoms with Crippen LogP contribution in [0.15, 0.2) is 12.1 Å². The molecule has 2 N–H and O–H groups in total. The Hall–Kier alpha value is -1.26. The van der Waals surface area contributed by atoms with Crippen LogP contribution in [-0.4, -0.2) is 26.1 Å². The predicted octanol–water partition coefficient (Wildman–Crippen LogP) is 2.14. The minimum atomic E-state index is -0.447. The van der Waals surface area contributed by atoms with Crippen LogP contribution in [0.25, 0.3) is 0 Å². The maximum absolute atomic E-state index is 11.7. The summed E-state index contributed by atoms with van der Waals surface area (Å²) < 4.78 is 5.66. The molecule has 0 bridgehead atoms. The highest BCUT2D eigenvalue weighted by Gasteiger charge is 2.26. The minimum Gasteiger partial charge on any atom is -0.493 e. The van der Waals surface area contributed by atoms with Gasteiger partial charge in [0.05, 0.1) is 12.0 Å². The molecule has 0 fully saturated rings. The van der Waals surface area contributed by atoms with Gasteiger partial charge >= 0.3 is 0 Å². The van der Waals surface area contributed by atoms with Gasteiger partial charge in [0.1, 0.15) is 5.75 Å². The Morgan fingerprint density at radius 3 is 2.90 bits per heavy atom. The monoisotopic (exact) mass is 296 g/mol. The van der Waals surface area contributed by atoms with Gasteiger partial charge in [-0.2, -0.15) is 0 Å². The first-order chi connectivity index (χ1) is 9.44. The van der Waals surface area contributed by atoms with Gasteiger partial charge in [0.15, 0.2) is 0 Å². The fourth-order valence-electron chi connectivity index (χ4n) is 2.41. The van der Waals surface area contributed by atoms with Crippen LogP contribution in [0.2, 0.25) is 5.02 Å². The first-order valence-electron chi connectivity index (χ1n) is 6.81. The molecule has 1 aliphatic rings. The molecule has 1 aromatic carbocycles. The Morgan fingerprint density at radius 1 is 1.45 bits per heavy atom. The largest absolute Gasteiger partial charge is 0.493 e. The highest BCUT2D eigenvalue weighted by Crippen LogP contribution is 2.32. The number of amides is 1. The van der Waals surface area contributed by atoms with Crippen LogP contribution in [0.3, 0.4) is 0 Å². The number of nitrogens with one attached hydrogen (secondary N) is 2. The molecule has 0 atom stereocenters. The summed E-state index contributed by atoms with van der Waals surface area (Å²) in [7, 11) is 1.65. The van der Waals surface area contributed by atoms with E-state index in [9.17, 15) is 4.79 Å². The molecule has 1 amide bonds. The fourth-order valence-corrected chi connectivity index (χ4v) is 2.67. The van der Waals surface area contributed by atoms with Crippen LogP contribution in [0.5, 0.6) is 5.75 Å². The van der Waals surface area contributed by atoms with Crippen molar-refractivity contribution in [2.75, 3.05) is 20.2 Å². The Labute approximate surface area is 124 Å². The molecule has 0 unspecified atom stereocenters. The van der Waals surface area contributed by atoms with Crippen molar-refractivity contribution in [2.24, 2.45) is 5.41 Å². The van der Waals surface area contributed by atoms with Gasteiger partial charge in [-0.1, -0.05) is 11.6 Å². The molecule has 20 heavy (non-hydrogen) atoms. The smallest absolute Gasteiger partial charge is 0.226 e. The van der Waals surface area contributed by atoms with Crippen LogP contribution < -0.4 is 15.4 Å². The normalized spacial score (nSPS) is 13.8. The number of fused-ring (bicyclic) bond motifs is 1. The van der Waals surface area contributed by atoms with Crippen molar-refractivity contribution in [2.45, 2.75) is 26.8 Å². The Kier molecular flexibility index (Phi) is 4.55. The lowest BCUT2D eigenvalue weighted by Crippen LogP contribution is -2.41. The molecule has 0 aromatic heterocycles. The molecule has 1 aliphatic heterocycles. The Balaban J connectivity index is 2.00. The van der Waals surface area contributed by atoms with Crippen molar-refractivity contribution in [1.29, 1.82) is 0 Å². The first kappa shape index (κ1) is 15.1. The number of benzene rings is 1. The zero-order valence-electron chi connectivity index (χ0n) is 12.2. The van der Waals surface area contributed by atoms with E-state index in [0.717, 1.165) is 22.8 Å². The molecule has 2 rings (SSSR count). The molecule has 0 radical (unpaired) electrons. The van der Waals surface area contributed by atoms with E-state index in [-0.39, 0.29) is 5.91 Å². The van der Waals surface area contributed by atoms with Gasteiger partial charge in [-0.25, -0.2) is 0 Å². The van der Waals surface area contributed by atoms with E-state index in [2.05, 4.69) is 10.6 Å². The molecular formula is C15H21ClN2O2. The molecule has 1 aromatic rings. The maximum Gasteiger partial charge on any atom is 0.226 e. The van der Waals surface area contributed by atoms with Gasteiger partial charge in [0, 0.05) is 37.1 Å². The summed E-state index contributed by atoms with van der Waals surface area (Å²) >= 11 is 6.12. The van der Waals surface area contributed by atoms with Crippen molar-refractivity contribution < 1.29 is 9.53 Å². The second kappa shape index (κ2) is 6.02. The first-order valence-corrected chi connectivity index (χ1v) is 7.19. The molecule has 1 heterocycles. The van der Waals surface area contributed by atoms with E-state index in [1.54, 1.807) is 7.05 Å². The molecule has 5 heteroatoms. The quantitative estimate of drug-likeness (QED) is 0.875. The van der Waals surface area contributed by atoms with Gasteiger partial charge in [-0.15, -0.1) is 0 Å². The van der Waals surface area contributed by atoms with Gasteiger partial charge in [-0.3, -0.25) is 4.79 Å². The van der Waals surface area contributed by atoms with E-state index < -0.39 is 5.41 Å². The molecule has 4 nitrogen and oxygen atoms in total. The van der Waals surface area contributed by atoms with Gasteiger partial charge in [-0.05, 0) is 31.5 Å². The van der Waals surface area contributed by atoms with Crippen molar-refractivity contribution in [3.8, 4) is 5.75 Å². The summed E-state index contributed by atoms with van der Waals surface area (Å²) in [5.74, 6) is 0.970. The average molecular weight is 297 g/mol. The Morgan fingerprint density at radius 2 is 2.20 bits per heavy atom. The zero-order valence-corrected chi connectivity index (χ0v) is 12.9. The summed E-state index contributed by atoms with van der Waals surface area (Å²) in [6.45, 7) is 5.78. The number of hydrogen-bond donors (Lipinski definition) is 2. The van der Waals surface area contributed by atoms with E-state index in [0.29, 0.717) is 19.7 Å².